The fourth-order valence-electron chi connectivity index (χ4n) is 3.14. The maximum atomic E-state index is 5.66. The maximum Gasteiger partial charge on any atom is 0.0705 e. The van der Waals surface area contributed by atoms with Crippen LogP contribution in [-0.2, 0) is 4.74 Å². The molecule has 0 aliphatic carbocycles. The van der Waals surface area contributed by atoms with Crippen molar-refractivity contribution in [3.63, 3.8) is 0 Å². The normalized spacial score (nSPS) is 28.9. The number of methoxy groups -OCH3 is 1. The summed E-state index contributed by atoms with van der Waals surface area (Å²) in [6.45, 7) is 6.89. The molecular formula is C13H27N3O. The van der Waals surface area contributed by atoms with Gasteiger partial charge < -0.3 is 15.4 Å². The van der Waals surface area contributed by atoms with E-state index >= 15 is 0 Å². The molecule has 0 spiro atoms. The number of hydrogen-bond acceptors (Lipinski definition) is 4. The molecule has 2 heterocycles. The van der Waals surface area contributed by atoms with Crippen LogP contribution in [0.4, 0.5) is 0 Å². The standard InChI is InChI=1S/C13H27N3O/c1-17-13(10-14)5-9-15-6-3-8-16-7-2-4-12(16)11-15/h12-13H,2-11,14H2,1H3. The van der Waals surface area contributed by atoms with Crippen molar-refractivity contribution in [2.75, 3.05) is 46.4 Å². The largest absolute Gasteiger partial charge is 0.380 e. The lowest BCUT2D eigenvalue weighted by Crippen LogP contribution is -2.38. The van der Waals surface area contributed by atoms with Crippen LogP contribution >= 0.6 is 0 Å². The zero-order valence-electron chi connectivity index (χ0n) is 11.1. The van der Waals surface area contributed by atoms with Crippen LogP contribution in [0.1, 0.15) is 25.7 Å². The van der Waals surface area contributed by atoms with E-state index in [1.54, 1.807) is 7.11 Å². The number of hydrogen-bond donors (Lipinski definition) is 1. The van der Waals surface area contributed by atoms with Gasteiger partial charge in [-0.2, -0.15) is 0 Å². The van der Waals surface area contributed by atoms with E-state index < -0.39 is 0 Å². The van der Waals surface area contributed by atoms with E-state index in [1.165, 1.54) is 45.4 Å². The average Bonchev–Trinajstić information content (AvgIpc) is 2.69. The van der Waals surface area contributed by atoms with E-state index in [-0.39, 0.29) is 6.10 Å². The van der Waals surface area contributed by atoms with Crippen LogP contribution in [0.2, 0.25) is 0 Å². The van der Waals surface area contributed by atoms with Crippen molar-refractivity contribution in [3.8, 4) is 0 Å². The topological polar surface area (TPSA) is 41.7 Å². The quantitative estimate of drug-likeness (QED) is 0.762. The highest BCUT2D eigenvalue weighted by molar-refractivity contribution is 4.85. The van der Waals surface area contributed by atoms with Gasteiger partial charge >= 0.3 is 0 Å². The van der Waals surface area contributed by atoms with Crippen molar-refractivity contribution in [1.29, 1.82) is 0 Å². The van der Waals surface area contributed by atoms with E-state index in [9.17, 15) is 0 Å². The van der Waals surface area contributed by atoms with Gasteiger partial charge in [-0.25, -0.2) is 0 Å². The molecule has 17 heavy (non-hydrogen) atoms. The molecule has 0 bridgehead atoms. The van der Waals surface area contributed by atoms with Gasteiger partial charge in [0, 0.05) is 32.8 Å². The molecule has 0 aromatic carbocycles. The molecule has 4 nitrogen and oxygen atoms in total. The fourth-order valence-corrected chi connectivity index (χ4v) is 3.14. The van der Waals surface area contributed by atoms with Crippen molar-refractivity contribution in [2.24, 2.45) is 5.73 Å². The van der Waals surface area contributed by atoms with Gasteiger partial charge in [0.15, 0.2) is 0 Å². The second-order valence-corrected chi connectivity index (χ2v) is 5.37. The van der Waals surface area contributed by atoms with E-state index in [4.69, 9.17) is 10.5 Å². The zero-order chi connectivity index (χ0) is 12.1. The predicted molar refractivity (Wildman–Crippen MR) is 70.1 cm³/mol. The van der Waals surface area contributed by atoms with E-state index in [1.807, 2.05) is 0 Å². The van der Waals surface area contributed by atoms with Crippen molar-refractivity contribution in [3.05, 3.63) is 0 Å². The van der Waals surface area contributed by atoms with Crippen LogP contribution < -0.4 is 5.73 Å². The highest BCUT2D eigenvalue weighted by Gasteiger charge is 2.28. The Morgan fingerprint density at radius 1 is 1.29 bits per heavy atom. The van der Waals surface area contributed by atoms with E-state index in [0.29, 0.717) is 6.54 Å². The minimum Gasteiger partial charge on any atom is -0.380 e. The molecule has 100 valence electrons. The van der Waals surface area contributed by atoms with Crippen LogP contribution in [0.5, 0.6) is 0 Å². The summed E-state index contributed by atoms with van der Waals surface area (Å²) in [4.78, 5) is 5.29. The number of nitrogens with zero attached hydrogens (tertiary/aromatic N) is 2. The van der Waals surface area contributed by atoms with Gasteiger partial charge in [-0.1, -0.05) is 0 Å². The molecule has 0 aromatic heterocycles. The summed E-state index contributed by atoms with van der Waals surface area (Å²) in [7, 11) is 1.76. The van der Waals surface area contributed by atoms with Gasteiger partial charge in [-0.05, 0) is 45.3 Å². The zero-order valence-corrected chi connectivity index (χ0v) is 11.1. The monoisotopic (exact) mass is 241 g/mol. The fraction of sp³-hybridized carbons (Fsp3) is 1.00. The minimum atomic E-state index is 0.234. The summed E-state index contributed by atoms with van der Waals surface area (Å²) >= 11 is 0. The van der Waals surface area contributed by atoms with Crippen LogP contribution in [0.25, 0.3) is 0 Å². The van der Waals surface area contributed by atoms with Crippen molar-refractivity contribution in [2.45, 2.75) is 37.8 Å². The first-order chi connectivity index (χ1) is 8.33. The summed E-state index contributed by atoms with van der Waals surface area (Å²) in [5, 5.41) is 0. The summed E-state index contributed by atoms with van der Waals surface area (Å²) in [5.41, 5.74) is 5.66. The Morgan fingerprint density at radius 3 is 2.88 bits per heavy atom. The van der Waals surface area contributed by atoms with E-state index in [0.717, 1.165) is 19.0 Å². The van der Waals surface area contributed by atoms with Gasteiger partial charge in [-0.3, -0.25) is 4.90 Å². The molecule has 2 fully saturated rings. The Kier molecular flexibility index (Phi) is 5.22. The Morgan fingerprint density at radius 2 is 2.12 bits per heavy atom. The lowest BCUT2D eigenvalue weighted by atomic mass is 10.2. The lowest BCUT2D eigenvalue weighted by Gasteiger charge is -2.26. The maximum absolute atomic E-state index is 5.66. The predicted octanol–water partition coefficient (Wildman–Crippen LogP) is 0.520. The molecular weight excluding hydrogens is 214 g/mol. The third kappa shape index (κ3) is 3.65. The summed E-state index contributed by atoms with van der Waals surface area (Å²) < 4.78 is 5.35. The summed E-state index contributed by atoms with van der Waals surface area (Å²) in [6.07, 6.45) is 5.40. The Balaban J connectivity index is 1.76. The minimum absolute atomic E-state index is 0.234. The first-order valence-corrected chi connectivity index (χ1v) is 7.02. The first kappa shape index (κ1) is 13.3. The first-order valence-electron chi connectivity index (χ1n) is 7.02. The molecule has 2 rings (SSSR count). The molecule has 2 aliphatic rings. The molecule has 2 unspecified atom stereocenters. The van der Waals surface area contributed by atoms with Crippen LogP contribution in [0.15, 0.2) is 0 Å². The Labute approximate surface area is 105 Å². The third-order valence-electron chi connectivity index (χ3n) is 4.25. The number of rotatable bonds is 5. The smallest absolute Gasteiger partial charge is 0.0705 e. The number of fused-ring (bicyclic) bond motifs is 1. The third-order valence-corrected chi connectivity index (χ3v) is 4.25. The van der Waals surface area contributed by atoms with Crippen LogP contribution in [0, 0.1) is 0 Å². The van der Waals surface area contributed by atoms with Gasteiger partial charge in [0.1, 0.15) is 0 Å². The second kappa shape index (κ2) is 6.69. The lowest BCUT2D eigenvalue weighted by molar-refractivity contribution is 0.0881. The molecule has 4 heteroatoms. The van der Waals surface area contributed by atoms with Gasteiger partial charge in [0.2, 0.25) is 0 Å². The number of nitrogens with two attached hydrogens (primary N) is 1. The second-order valence-electron chi connectivity index (χ2n) is 5.37. The molecule has 0 saturated carbocycles. The van der Waals surface area contributed by atoms with Crippen molar-refractivity contribution >= 4 is 0 Å². The van der Waals surface area contributed by atoms with Gasteiger partial charge in [0.05, 0.1) is 6.10 Å². The van der Waals surface area contributed by atoms with Crippen LogP contribution in [-0.4, -0.2) is 68.3 Å². The summed E-state index contributed by atoms with van der Waals surface area (Å²) in [6, 6.07) is 0.816. The average molecular weight is 241 g/mol. The highest BCUT2D eigenvalue weighted by Crippen LogP contribution is 2.21. The van der Waals surface area contributed by atoms with Gasteiger partial charge in [-0.15, -0.1) is 0 Å². The van der Waals surface area contributed by atoms with Crippen LogP contribution in [0.3, 0.4) is 0 Å². The van der Waals surface area contributed by atoms with E-state index in [2.05, 4.69) is 9.80 Å². The highest BCUT2D eigenvalue weighted by atomic mass is 16.5. The Bertz CT molecular complexity index is 221. The van der Waals surface area contributed by atoms with Crippen molar-refractivity contribution in [1.82, 2.24) is 9.80 Å². The Hall–Kier alpha value is -0.160. The number of ether oxygens (including phenoxy) is 1. The molecule has 0 aromatic rings. The molecule has 2 atom stereocenters. The van der Waals surface area contributed by atoms with Crippen molar-refractivity contribution < 1.29 is 4.74 Å². The molecule has 0 radical (unpaired) electrons. The molecule has 2 N–H and O–H groups in total. The van der Waals surface area contributed by atoms with Gasteiger partial charge in [0.25, 0.3) is 0 Å². The summed E-state index contributed by atoms with van der Waals surface area (Å²) in [5.74, 6) is 0. The molecule has 2 aliphatic heterocycles. The molecule has 2 saturated heterocycles. The molecule has 0 amide bonds. The SMILES string of the molecule is COC(CN)CCN1CCCN2CCCC2C1.